The van der Waals surface area contributed by atoms with Gasteiger partial charge in [-0.25, -0.2) is 9.97 Å². The number of aliphatic hydroxyl groups is 1. The van der Waals surface area contributed by atoms with Crippen LogP contribution < -0.4 is 19.3 Å². The zero-order valence-electron chi connectivity index (χ0n) is 22.7. The molecule has 0 aliphatic carbocycles. The SMILES string of the molecule is CCOc1cc(CN(C)CC2(O)CCN(c3cc(N(C)C)ncn3)C2)ccc1OCCN1CCOCC1. The fraction of sp³-hybridized carbons (Fsp3) is 0.630. The second-order valence-corrected chi connectivity index (χ2v) is 10.2. The second kappa shape index (κ2) is 12.7. The summed E-state index contributed by atoms with van der Waals surface area (Å²) in [6, 6.07) is 8.10. The predicted molar refractivity (Wildman–Crippen MR) is 145 cm³/mol. The highest BCUT2D eigenvalue weighted by Gasteiger charge is 2.37. The van der Waals surface area contributed by atoms with Crippen molar-refractivity contribution in [3.63, 3.8) is 0 Å². The molecule has 2 saturated heterocycles. The Hall–Kier alpha value is -2.66. The molecule has 204 valence electrons. The van der Waals surface area contributed by atoms with Crippen molar-refractivity contribution in [3.05, 3.63) is 36.2 Å². The van der Waals surface area contributed by atoms with Crippen LogP contribution in [-0.2, 0) is 11.3 Å². The first-order valence-corrected chi connectivity index (χ1v) is 13.2. The average molecular weight is 515 g/mol. The van der Waals surface area contributed by atoms with E-state index in [9.17, 15) is 5.11 Å². The van der Waals surface area contributed by atoms with Crippen molar-refractivity contribution in [2.24, 2.45) is 0 Å². The van der Waals surface area contributed by atoms with Crippen molar-refractivity contribution in [1.82, 2.24) is 19.8 Å². The number of anilines is 2. The molecule has 0 saturated carbocycles. The molecule has 1 aromatic carbocycles. The molecule has 3 heterocycles. The number of morpholine rings is 1. The molecule has 1 atom stereocenters. The van der Waals surface area contributed by atoms with Crippen LogP contribution in [0.3, 0.4) is 0 Å². The Kier molecular flexibility index (Phi) is 9.42. The molecule has 10 heteroatoms. The quantitative estimate of drug-likeness (QED) is 0.452. The lowest BCUT2D eigenvalue weighted by Crippen LogP contribution is -2.43. The standard InChI is InChI=1S/C27H42N6O4/c1-5-36-24-16-22(6-7-23(24)37-15-12-32-10-13-35-14-11-32)18-31(4)19-27(34)8-9-33(20-27)26-17-25(30(2)3)28-21-29-26/h6-7,16-17,21,34H,5,8-15,18-20H2,1-4H3. The van der Waals surface area contributed by atoms with Crippen LogP contribution >= 0.6 is 0 Å². The molecule has 2 aromatic rings. The zero-order chi connectivity index (χ0) is 26.3. The number of rotatable bonds is 12. The van der Waals surface area contributed by atoms with E-state index in [0.717, 1.165) is 68.1 Å². The van der Waals surface area contributed by atoms with Gasteiger partial charge in [-0.1, -0.05) is 6.07 Å². The summed E-state index contributed by atoms with van der Waals surface area (Å²) >= 11 is 0. The average Bonchev–Trinajstić information content (AvgIpc) is 3.27. The number of likely N-dealkylation sites (N-methyl/N-ethyl adjacent to an activating group) is 1. The van der Waals surface area contributed by atoms with Gasteiger partial charge in [0.2, 0.25) is 0 Å². The van der Waals surface area contributed by atoms with Gasteiger partial charge in [0.05, 0.1) is 25.4 Å². The van der Waals surface area contributed by atoms with E-state index in [1.165, 1.54) is 0 Å². The highest BCUT2D eigenvalue weighted by molar-refractivity contribution is 5.50. The summed E-state index contributed by atoms with van der Waals surface area (Å²) in [7, 11) is 5.97. The van der Waals surface area contributed by atoms with E-state index in [4.69, 9.17) is 14.2 Å². The molecular weight excluding hydrogens is 472 g/mol. The number of β-amino-alcohol motifs (C(OH)–C–C–N with tert-alkyl or cyclic N) is 1. The summed E-state index contributed by atoms with van der Waals surface area (Å²) in [6.45, 7) is 10.1. The second-order valence-electron chi connectivity index (χ2n) is 10.2. The van der Waals surface area contributed by atoms with Gasteiger partial charge in [-0.2, -0.15) is 0 Å². The summed E-state index contributed by atoms with van der Waals surface area (Å²) < 4.78 is 17.4. The third-order valence-corrected chi connectivity index (χ3v) is 6.85. The highest BCUT2D eigenvalue weighted by atomic mass is 16.5. The number of nitrogens with zero attached hydrogens (tertiary/aromatic N) is 6. The lowest BCUT2D eigenvalue weighted by molar-refractivity contribution is 0.0279. The van der Waals surface area contributed by atoms with Crippen LogP contribution in [0, 0.1) is 0 Å². The Balaban J connectivity index is 1.31. The van der Waals surface area contributed by atoms with Gasteiger partial charge in [0, 0.05) is 66.0 Å². The predicted octanol–water partition coefficient (Wildman–Crippen LogP) is 1.73. The van der Waals surface area contributed by atoms with Crippen molar-refractivity contribution in [2.45, 2.75) is 25.5 Å². The summed E-state index contributed by atoms with van der Waals surface area (Å²) in [5, 5.41) is 11.3. The summed E-state index contributed by atoms with van der Waals surface area (Å²) in [5.41, 5.74) is 0.319. The molecule has 10 nitrogen and oxygen atoms in total. The Morgan fingerprint density at radius 1 is 1.05 bits per heavy atom. The van der Waals surface area contributed by atoms with E-state index in [1.54, 1.807) is 6.33 Å². The Bertz CT molecular complexity index is 1000. The molecule has 1 unspecified atom stereocenters. The molecule has 2 aliphatic heterocycles. The van der Waals surface area contributed by atoms with E-state index < -0.39 is 5.60 Å². The minimum atomic E-state index is -0.802. The monoisotopic (exact) mass is 514 g/mol. The fourth-order valence-corrected chi connectivity index (χ4v) is 4.95. The topological polar surface area (TPSA) is 86.7 Å². The van der Waals surface area contributed by atoms with Crippen LogP contribution in [0.15, 0.2) is 30.6 Å². The minimum absolute atomic E-state index is 0.543. The molecule has 2 aliphatic rings. The molecular formula is C27H42N6O4. The van der Waals surface area contributed by atoms with Gasteiger partial charge in [0.1, 0.15) is 24.6 Å². The van der Waals surface area contributed by atoms with E-state index in [0.29, 0.717) is 39.3 Å². The maximum Gasteiger partial charge on any atom is 0.161 e. The molecule has 1 aromatic heterocycles. The van der Waals surface area contributed by atoms with E-state index in [1.807, 2.05) is 45.1 Å². The first kappa shape index (κ1) is 27.4. The molecule has 0 amide bonds. The van der Waals surface area contributed by atoms with Gasteiger partial charge in [0.15, 0.2) is 11.5 Å². The molecule has 0 bridgehead atoms. The first-order chi connectivity index (χ1) is 17.8. The van der Waals surface area contributed by atoms with E-state index in [-0.39, 0.29) is 0 Å². The van der Waals surface area contributed by atoms with Gasteiger partial charge in [-0.3, -0.25) is 9.80 Å². The van der Waals surface area contributed by atoms with Crippen LogP contribution in [0.25, 0.3) is 0 Å². The third-order valence-electron chi connectivity index (χ3n) is 6.85. The van der Waals surface area contributed by atoms with Crippen LogP contribution in [0.5, 0.6) is 11.5 Å². The van der Waals surface area contributed by atoms with Crippen molar-refractivity contribution < 1.29 is 19.3 Å². The maximum absolute atomic E-state index is 11.3. The molecule has 0 spiro atoms. The van der Waals surface area contributed by atoms with Crippen molar-refractivity contribution in [1.29, 1.82) is 0 Å². The van der Waals surface area contributed by atoms with Gasteiger partial charge >= 0.3 is 0 Å². The largest absolute Gasteiger partial charge is 0.490 e. The fourth-order valence-electron chi connectivity index (χ4n) is 4.95. The van der Waals surface area contributed by atoms with Gasteiger partial charge < -0.3 is 29.1 Å². The normalized spacial score (nSPS) is 20.4. The number of aromatic nitrogens is 2. The van der Waals surface area contributed by atoms with Crippen molar-refractivity contribution in [2.75, 3.05) is 96.6 Å². The molecule has 1 N–H and O–H groups in total. The number of hydrogen-bond acceptors (Lipinski definition) is 10. The van der Waals surface area contributed by atoms with Crippen LogP contribution in [0.4, 0.5) is 11.6 Å². The van der Waals surface area contributed by atoms with Gasteiger partial charge in [-0.15, -0.1) is 0 Å². The van der Waals surface area contributed by atoms with E-state index in [2.05, 4.69) is 36.8 Å². The minimum Gasteiger partial charge on any atom is -0.490 e. The number of ether oxygens (including phenoxy) is 3. The highest BCUT2D eigenvalue weighted by Crippen LogP contribution is 2.30. The number of benzene rings is 1. The van der Waals surface area contributed by atoms with Crippen molar-refractivity contribution in [3.8, 4) is 11.5 Å². The summed E-state index contributed by atoms with van der Waals surface area (Å²) in [6.07, 6.45) is 2.28. The Labute approximate surface area is 220 Å². The molecule has 2 fully saturated rings. The zero-order valence-corrected chi connectivity index (χ0v) is 22.7. The smallest absolute Gasteiger partial charge is 0.161 e. The third kappa shape index (κ3) is 7.67. The molecule has 0 radical (unpaired) electrons. The van der Waals surface area contributed by atoms with Crippen LogP contribution in [-0.4, -0.2) is 117 Å². The van der Waals surface area contributed by atoms with Gasteiger partial charge in [-0.05, 0) is 38.1 Å². The van der Waals surface area contributed by atoms with Crippen molar-refractivity contribution >= 4 is 11.6 Å². The van der Waals surface area contributed by atoms with E-state index >= 15 is 0 Å². The Morgan fingerprint density at radius 2 is 1.86 bits per heavy atom. The first-order valence-electron chi connectivity index (χ1n) is 13.2. The van der Waals surface area contributed by atoms with Gasteiger partial charge in [0.25, 0.3) is 0 Å². The maximum atomic E-state index is 11.3. The lowest BCUT2D eigenvalue weighted by atomic mass is 10.0. The summed E-state index contributed by atoms with van der Waals surface area (Å²) in [4.78, 5) is 17.3. The summed E-state index contributed by atoms with van der Waals surface area (Å²) in [5.74, 6) is 3.24. The lowest BCUT2D eigenvalue weighted by Gasteiger charge is -2.29. The number of hydrogen-bond donors (Lipinski definition) is 1. The Morgan fingerprint density at radius 3 is 2.62 bits per heavy atom. The van der Waals surface area contributed by atoms with Crippen LogP contribution in [0.2, 0.25) is 0 Å². The molecule has 4 rings (SSSR count). The van der Waals surface area contributed by atoms with Crippen LogP contribution in [0.1, 0.15) is 18.9 Å². The molecule has 37 heavy (non-hydrogen) atoms.